The molecule has 0 bridgehead atoms. The predicted molar refractivity (Wildman–Crippen MR) is 72.1 cm³/mol. The zero-order valence-corrected chi connectivity index (χ0v) is 11.5. The van der Waals surface area contributed by atoms with Crippen molar-refractivity contribution in [3.8, 4) is 0 Å². The van der Waals surface area contributed by atoms with Crippen molar-refractivity contribution in [3.63, 3.8) is 0 Å². The molecule has 1 aliphatic heterocycles. The zero-order valence-electron chi connectivity index (χ0n) is 9.96. The molecule has 2 rings (SSSR count). The summed E-state index contributed by atoms with van der Waals surface area (Å²) in [5, 5.41) is -1.94. The van der Waals surface area contributed by atoms with Crippen LogP contribution in [0.4, 0.5) is 0 Å². The van der Waals surface area contributed by atoms with E-state index in [1.807, 2.05) is 6.92 Å². The molecule has 0 aromatic heterocycles. The van der Waals surface area contributed by atoms with Crippen LogP contribution in [0.5, 0.6) is 0 Å². The number of hydrogen-bond donors (Lipinski definition) is 0. The molecule has 0 spiro atoms. The summed E-state index contributed by atoms with van der Waals surface area (Å²) < 4.78 is 0.892. The lowest BCUT2D eigenvalue weighted by atomic mass is 10.2. The molecule has 1 aliphatic carbocycles. The average molecular weight is 302 g/mol. The molecule has 0 N–H and O–H groups in total. The fourth-order valence-corrected chi connectivity index (χ4v) is 2.30. The standard InChI is InChI=1S/C12H9Cl2NO4/c1-2-3-4-15-11(18)5-6(12(15)19)10(17)8(14)7(13)9(5)16/h2-4H2,1H3. The number of hydrogen-bond acceptors (Lipinski definition) is 4. The first kappa shape index (κ1) is 14.0. The van der Waals surface area contributed by atoms with Crippen LogP contribution in [0.1, 0.15) is 19.8 Å². The van der Waals surface area contributed by atoms with Crippen LogP contribution in [0.15, 0.2) is 19.2 Å². The van der Waals surface area contributed by atoms with E-state index in [2.05, 4.69) is 0 Å². The summed E-state index contributed by atoms with van der Waals surface area (Å²) in [6.45, 7) is 2.06. The molecule has 0 atom stereocenters. The van der Waals surface area contributed by atoms with Gasteiger partial charge in [0.1, 0.15) is 20.5 Å². The first-order valence-corrected chi connectivity index (χ1v) is 6.42. The van der Waals surface area contributed by atoms with E-state index < -0.39 is 42.5 Å². The molecular formula is C12H9Cl2NO4. The Morgan fingerprint density at radius 2 is 1.32 bits per heavy atom. The quantitative estimate of drug-likeness (QED) is 0.834. The molecule has 1 heterocycles. The highest BCUT2D eigenvalue weighted by Gasteiger charge is 2.20. The van der Waals surface area contributed by atoms with Gasteiger partial charge < -0.3 is 0 Å². The van der Waals surface area contributed by atoms with Crippen LogP contribution in [0.2, 0.25) is 10.0 Å². The van der Waals surface area contributed by atoms with E-state index in [9.17, 15) is 19.2 Å². The molecule has 19 heavy (non-hydrogen) atoms. The van der Waals surface area contributed by atoms with Crippen LogP contribution in [0.25, 0.3) is 0 Å². The van der Waals surface area contributed by atoms with Gasteiger partial charge in [-0.15, -0.1) is 0 Å². The molecule has 0 radical (unpaired) electrons. The Hall–Kier alpha value is -1.46. The lowest BCUT2D eigenvalue weighted by Gasteiger charge is -1.96. The first-order valence-electron chi connectivity index (χ1n) is 5.67. The predicted octanol–water partition coefficient (Wildman–Crippen LogP) is 0.636. The third-order valence-corrected chi connectivity index (χ3v) is 3.77. The van der Waals surface area contributed by atoms with Gasteiger partial charge in [-0.1, -0.05) is 36.5 Å². The second-order valence-electron chi connectivity index (χ2n) is 4.15. The van der Waals surface area contributed by atoms with Crippen LogP contribution in [-0.2, 0) is 6.54 Å². The third kappa shape index (κ3) is 1.93. The lowest BCUT2D eigenvalue weighted by Crippen LogP contribution is -2.27. The van der Waals surface area contributed by atoms with Crippen LogP contribution >= 0.6 is 23.2 Å². The van der Waals surface area contributed by atoms with Gasteiger partial charge in [-0.3, -0.25) is 23.7 Å². The maximum absolute atomic E-state index is 12.0. The monoisotopic (exact) mass is 301 g/mol. The molecule has 5 nitrogen and oxygen atoms in total. The Labute approximate surface area is 116 Å². The highest BCUT2D eigenvalue weighted by atomic mass is 35.5. The van der Waals surface area contributed by atoms with Gasteiger partial charge in [-0.2, -0.15) is 0 Å². The minimum Gasteiger partial charge on any atom is -0.287 e. The molecule has 0 saturated heterocycles. The van der Waals surface area contributed by atoms with Crippen molar-refractivity contribution in [1.82, 2.24) is 4.57 Å². The van der Waals surface area contributed by atoms with Crippen LogP contribution in [0, 0.1) is 10.4 Å². The average Bonchev–Trinajstić information content (AvgIpc) is 2.63. The first-order chi connectivity index (χ1) is 8.91. The largest absolute Gasteiger partial charge is 0.287 e. The summed E-state index contributed by atoms with van der Waals surface area (Å²) >= 11 is 11.2. The summed E-state index contributed by atoms with van der Waals surface area (Å²) in [6.07, 6.45) is 1.36. The third-order valence-electron chi connectivity index (χ3n) is 2.95. The topological polar surface area (TPSA) is 73.2 Å². The summed E-state index contributed by atoms with van der Waals surface area (Å²) in [5.41, 5.74) is -3.26. The molecule has 0 unspecified atom stereocenters. The Balaban J connectivity index is 3.07. The number of rotatable bonds is 3. The minimum atomic E-state index is -0.862. The van der Waals surface area contributed by atoms with Gasteiger partial charge in [0, 0.05) is 6.54 Å². The summed E-state index contributed by atoms with van der Waals surface area (Å²) in [4.78, 5) is 47.7. The van der Waals surface area contributed by atoms with Gasteiger partial charge >= 0.3 is 0 Å². The fourth-order valence-electron chi connectivity index (χ4n) is 1.94. The Bertz CT molecular complexity index is 836. The van der Waals surface area contributed by atoms with Crippen molar-refractivity contribution >= 4 is 23.2 Å². The Kier molecular flexibility index (Phi) is 3.60. The molecule has 0 aromatic rings. The van der Waals surface area contributed by atoms with E-state index in [0.717, 1.165) is 11.0 Å². The van der Waals surface area contributed by atoms with E-state index in [0.29, 0.717) is 6.42 Å². The molecule has 0 amide bonds. The van der Waals surface area contributed by atoms with Crippen molar-refractivity contribution in [1.29, 1.82) is 0 Å². The van der Waals surface area contributed by atoms with Gasteiger partial charge in [-0.05, 0) is 6.42 Å². The van der Waals surface area contributed by atoms with Gasteiger partial charge in [0.05, 0.1) is 0 Å². The minimum absolute atomic E-state index is 0.164. The van der Waals surface area contributed by atoms with Crippen molar-refractivity contribution < 1.29 is 0 Å². The van der Waals surface area contributed by atoms with E-state index in [4.69, 9.17) is 23.2 Å². The highest BCUT2D eigenvalue weighted by molar-refractivity contribution is 6.41. The van der Waals surface area contributed by atoms with Crippen molar-refractivity contribution in [2.24, 2.45) is 0 Å². The normalized spacial score (nSPS) is 11.3. The van der Waals surface area contributed by atoms with Crippen LogP contribution in [-0.4, -0.2) is 4.57 Å². The summed E-state index contributed by atoms with van der Waals surface area (Å²) in [6, 6.07) is 0. The van der Waals surface area contributed by atoms with Gasteiger partial charge in [0.2, 0.25) is 10.9 Å². The number of nitrogens with zero attached hydrogens (tertiary/aromatic N) is 1. The Morgan fingerprint density at radius 3 is 1.68 bits per heavy atom. The van der Waals surface area contributed by atoms with E-state index >= 15 is 0 Å². The lowest BCUT2D eigenvalue weighted by molar-refractivity contribution is 0.604. The Morgan fingerprint density at radius 1 is 0.895 bits per heavy atom. The second kappa shape index (κ2) is 4.90. The molecule has 100 valence electrons. The number of aromatic nitrogens is 1. The number of unbranched alkanes of at least 4 members (excludes halogenated alkanes) is 1. The molecular weight excluding hydrogens is 293 g/mol. The fraction of sp³-hybridized carbons (Fsp3) is 0.333. The molecule has 0 saturated carbocycles. The molecule has 0 aromatic carbocycles. The van der Waals surface area contributed by atoms with E-state index in [1.165, 1.54) is 0 Å². The van der Waals surface area contributed by atoms with Gasteiger partial charge in [-0.25, -0.2) is 0 Å². The maximum atomic E-state index is 12.0. The van der Waals surface area contributed by atoms with Crippen molar-refractivity contribution in [2.45, 2.75) is 26.3 Å². The van der Waals surface area contributed by atoms with E-state index in [1.54, 1.807) is 0 Å². The second-order valence-corrected chi connectivity index (χ2v) is 4.91. The molecule has 0 fully saturated rings. The summed E-state index contributed by atoms with van der Waals surface area (Å²) in [5.74, 6) is 0. The van der Waals surface area contributed by atoms with Crippen molar-refractivity contribution in [3.05, 3.63) is 61.6 Å². The molecule has 2 aliphatic rings. The SMILES string of the molecule is CCCCn1c(=O)c2c(=O)c(Cl)c(Cl)c(=O)c=2c1=O. The summed E-state index contributed by atoms with van der Waals surface area (Å²) in [7, 11) is 0. The molecule has 7 heteroatoms. The number of halogens is 2. The highest BCUT2D eigenvalue weighted by Crippen LogP contribution is 2.11. The van der Waals surface area contributed by atoms with Crippen molar-refractivity contribution in [2.75, 3.05) is 0 Å². The smallest absolute Gasteiger partial charge is 0.265 e. The van der Waals surface area contributed by atoms with Gasteiger partial charge in [0.25, 0.3) is 11.1 Å². The van der Waals surface area contributed by atoms with Gasteiger partial charge in [0.15, 0.2) is 0 Å². The maximum Gasteiger partial charge on any atom is 0.265 e. The van der Waals surface area contributed by atoms with Crippen LogP contribution in [0.3, 0.4) is 0 Å². The van der Waals surface area contributed by atoms with E-state index in [-0.39, 0.29) is 6.54 Å². The zero-order chi connectivity index (χ0) is 14.3. The van der Waals surface area contributed by atoms with Crippen LogP contribution < -0.4 is 22.0 Å².